The van der Waals surface area contributed by atoms with Gasteiger partial charge in [0.05, 0.1) is 13.0 Å². The Kier molecular flexibility index (Phi) is 4.94. The summed E-state index contributed by atoms with van der Waals surface area (Å²) in [4.78, 5) is 36.7. The van der Waals surface area contributed by atoms with Crippen molar-refractivity contribution in [1.82, 2.24) is 0 Å². The van der Waals surface area contributed by atoms with Crippen LogP contribution in [0.1, 0.15) is 40.5 Å². The number of methoxy groups -OCH3 is 1. The molecule has 6 nitrogen and oxygen atoms in total. The highest BCUT2D eigenvalue weighted by molar-refractivity contribution is 6.21. The number of ether oxygens (including phenoxy) is 2. The first-order valence-electron chi connectivity index (χ1n) is 6.98. The number of aliphatic hydroxyl groups is 1. The SMILES string of the molecule is CC[C@@H](C)C(=O)O[C@@]1(C)C(=O)C=C(OC)[C@](O)(CC)C1=O. The summed E-state index contributed by atoms with van der Waals surface area (Å²) in [6.45, 7) is 6.23. The van der Waals surface area contributed by atoms with Crippen LogP contribution in [0.3, 0.4) is 0 Å². The molecule has 0 unspecified atom stereocenters. The predicted molar refractivity (Wildman–Crippen MR) is 74.3 cm³/mol. The molecule has 0 fully saturated rings. The average Bonchev–Trinajstić information content (AvgIpc) is 2.48. The van der Waals surface area contributed by atoms with Crippen molar-refractivity contribution < 1.29 is 29.0 Å². The van der Waals surface area contributed by atoms with E-state index in [-0.39, 0.29) is 12.2 Å². The quantitative estimate of drug-likeness (QED) is 0.605. The van der Waals surface area contributed by atoms with Gasteiger partial charge in [-0.15, -0.1) is 0 Å². The van der Waals surface area contributed by atoms with Gasteiger partial charge in [-0.3, -0.25) is 14.4 Å². The van der Waals surface area contributed by atoms with E-state index in [1.165, 1.54) is 14.0 Å². The van der Waals surface area contributed by atoms with Crippen molar-refractivity contribution in [1.29, 1.82) is 0 Å². The van der Waals surface area contributed by atoms with Crippen LogP contribution in [0.5, 0.6) is 0 Å². The molecule has 0 aliphatic heterocycles. The molecule has 3 atom stereocenters. The number of carbonyl (C=O) groups is 3. The monoisotopic (exact) mass is 298 g/mol. The zero-order chi connectivity index (χ0) is 16.4. The van der Waals surface area contributed by atoms with E-state index in [0.717, 1.165) is 6.08 Å². The van der Waals surface area contributed by atoms with E-state index >= 15 is 0 Å². The number of esters is 1. The molecule has 0 heterocycles. The van der Waals surface area contributed by atoms with Crippen LogP contribution in [0.4, 0.5) is 0 Å². The van der Waals surface area contributed by atoms with Crippen molar-refractivity contribution in [3.05, 3.63) is 11.8 Å². The molecule has 21 heavy (non-hydrogen) atoms. The fraction of sp³-hybridized carbons (Fsp3) is 0.667. The van der Waals surface area contributed by atoms with Crippen molar-refractivity contribution in [3.8, 4) is 0 Å². The fourth-order valence-corrected chi connectivity index (χ4v) is 2.12. The number of hydrogen-bond donors (Lipinski definition) is 1. The summed E-state index contributed by atoms with van der Waals surface area (Å²) in [5.41, 5.74) is -3.99. The Balaban J connectivity index is 3.25. The molecule has 0 radical (unpaired) electrons. The summed E-state index contributed by atoms with van der Waals surface area (Å²) >= 11 is 0. The fourth-order valence-electron chi connectivity index (χ4n) is 2.12. The third-order valence-electron chi connectivity index (χ3n) is 4.00. The number of carbonyl (C=O) groups excluding carboxylic acids is 3. The summed E-state index contributed by atoms with van der Waals surface area (Å²) in [5.74, 6) is -2.80. The van der Waals surface area contributed by atoms with E-state index in [0.29, 0.717) is 6.42 Å². The number of rotatable bonds is 5. The summed E-state index contributed by atoms with van der Waals surface area (Å²) in [6.07, 6.45) is 1.55. The van der Waals surface area contributed by atoms with Gasteiger partial charge in [-0.1, -0.05) is 20.8 Å². The van der Waals surface area contributed by atoms with Gasteiger partial charge in [-0.25, -0.2) is 0 Å². The lowest BCUT2D eigenvalue weighted by atomic mass is 9.75. The molecule has 0 amide bonds. The maximum atomic E-state index is 12.6. The Bertz CT molecular complexity index is 494. The van der Waals surface area contributed by atoms with Crippen molar-refractivity contribution in [3.63, 3.8) is 0 Å². The highest BCUT2D eigenvalue weighted by atomic mass is 16.6. The highest BCUT2D eigenvalue weighted by Crippen LogP contribution is 2.35. The van der Waals surface area contributed by atoms with Crippen LogP contribution in [0.15, 0.2) is 11.8 Å². The van der Waals surface area contributed by atoms with Gasteiger partial charge in [-0.05, 0) is 19.8 Å². The third-order valence-corrected chi connectivity index (χ3v) is 4.00. The first kappa shape index (κ1) is 17.4. The standard InChI is InChI=1S/C15H22O6/c1-6-9(3)12(17)21-14(4)10(16)8-11(20-5)15(19,7-2)13(14)18/h8-9,19H,6-7H2,1-5H3/t9-,14+,15-/m1/s1. The molecule has 1 aliphatic rings. The molecule has 0 bridgehead atoms. The lowest BCUT2D eigenvalue weighted by Crippen LogP contribution is -2.61. The number of Topliss-reactive ketones (excluding diaryl/α,β-unsaturated/α-hetero) is 1. The minimum absolute atomic E-state index is 0.00919. The van der Waals surface area contributed by atoms with E-state index in [9.17, 15) is 19.5 Å². The first-order valence-corrected chi connectivity index (χ1v) is 6.98. The third kappa shape index (κ3) is 2.72. The smallest absolute Gasteiger partial charge is 0.310 e. The van der Waals surface area contributed by atoms with Crippen molar-refractivity contribution in [2.45, 2.75) is 51.7 Å². The van der Waals surface area contributed by atoms with Gasteiger partial charge in [0.2, 0.25) is 17.2 Å². The molecule has 0 aromatic carbocycles. The zero-order valence-electron chi connectivity index (χ0n) is 13.1. The van der Waals surface area contributed by atoms with Gasteiger partial charge in [0.25, 0.3) is 0 Å². The molecular weight excluding hydrogens is 276 g/mol. The van der Waals surface area contributed by atoms with E-state index in [1.807, 2.05) is 0 Å². The second-order valence-corrected chi connectivity index (χ2v) is 5.38. The minimum atomic E-state index is -2.02. The summed E-state index contributed by atoms with van der Waals surface area (Å²) in [7, 11) is 1.26. The van der Waals surface area contributed by atoms with Crippen LogP contribution in [0.2, 0.25) is 0 Å². The molecule has 0 saturated heterocycles. The van der Waals surface area contributed by atoms with Crippen LogP contribution in [0, 0.1) is 5.92 Å². The molecule has 0 saturated carbocycles. The topological polar surface area (TPSA) is 89.9 Å². The van der Waals surface area contributed by atoms with Crippen molar-refractivity contribution in [2.24, 2.45) is 5.92 Å². The van der Waals surface area contributed by atoms with Crippen LogP contribution in [0.25, 0.3) is 0 Å². The Hall–Kier alpha value is -1.69. The van der Waals surface area contributed by atoms with Crippen LogP contribution in [-0.2, 0) is 23.9 Å². The molecular formula is C15H22O6. The lowest BCUT2D eigenvalue weighted by molar-refractivity contribution is -0.181. The van der Waals surface area contributed by atoms with E-state index < -0.39 is 34.7 Å². The van der Waals surface area contributed by atoms with Gasteiger partial charge in [0, 0.05) is 6.08 Å². The molecule has 1 rings (SSSR count). The van der Waals surface area contributed by atoms with E-state index in [4.69, 9.17) is 9.47 Å². The van der Waals surface area contributed by atoms with E-state index in [1.54, 1.807) is 20.8 Å². The van der Waals surface area contributed by atoms with Gasteiger partial charge in [-0.2, -0.15) is 0 Å². The van der Waals surface area contributed by atoms with Gasteiger partial charge in [0.15, 0.2) is 5.60 Å². The summed E-state index contributed by atoms with van der Waals surface area (Å²) in [6, 6.07) is 0. The predicted octanol–water partition coefficient (Wildman–Crippen LogP) is 1.16. The molecule has 1 N–H and O–H groups in total. The molecule has 0 aromatic rings. The molecule has 118 valence electrons. The van der Waals surface area contributed by atoms with Gasteiger partial charge >= 0.3 is 5.97 Å². The number of ketones is 2. The van der Waals surface area contributed by atoms with Crippen LogP contribution >= 0.6 is 0 Å². The summed E-state index contributed by atoms with van der Waals surface area (Å²) in [5, 5.41) is 10.5. The average molecular weight is 298 g/mol. The summed E-state index contributed by atoms with van der Waals surface area (Å²) < 4.78 is 10.1. The Labute approximate surface area is 124 Å². The molecule has 0 aromatic heterocycles. The number of hydrogen-bond acceptors (Lipinski definition) is 6. The lowest BCUT2D eigenvalue weighted by Gasteiger charge is -2.38. The zero-order valence-corrected chi connectivity index (χ0v) is 13.1. The molecule has 6 heteroatoms. The maximum absolute atomic E-state index is 12.6. The van der Waals surface area contributed by atoms with E-state index in [2.05, 4.69) is 0 Å². The minimum Gasteiger partial charge on any atom is -0.497 e. The first-order chi connectivity index (χ1) is 9.67. The molecule has 1 aliphatic carbocycles. The maximum Gasteiger partial charge on any atom is 0.310 e. The normalized spacial score (nSPS) is 30.7. The van der Waals surface area contributed by atoms with Crippen molar-refractivity contribution >= 4 is 17.5 Å². The highest BCUT2D eigenvalue weighted by Gasteiger charge is 2.58. The Morgan fingerprint density at radius 1 is 1.38 bits per heavy atom. The molecule has 0 spiro atoms. The van der Waals surface area contributed by atoms with Crippen molar-refractivity contribution in [2.75, 3.05) is 7.11 Å². The van der Waals surface area contributed by atoms with Gasteiger partial charge in [0.1, 0.15) is 5.76 Å². The largest absolute Gasteiger partial charge is 0.497 e. The van der Waals surface area contributed by atoms with Gasteiger partial charge < -0.3 is 14.6 Å². The second kappa shape index (κ2) is 5.97. The Morgan fingerprint density at radius 3 is 2.38 bits per heavy atom. The van der Waals surface area contributed by atoms with Crippen LogP contribution < -0.4 is 0 Å². The Morgan fingerprint density at radius 2 is 1.95 bits per heavy atom. The van der Waals surface area contributed by atoms with Crippen LogP contribution in [-0.4, -0.2) is 41.0 Å². The second-order valence-electron chi connectivity index (χ2n) is 5.38.